The van der Waals surface area contributed by atoms with Gasteiger partial charge < -0.3 is 9.47 Å². The number of carbonyl (C=O) groups excluding carboxylic acids is 2. The maximum Gasteiger partial charge on any atom is 0.325 e. The molecule has 0 atom stereocenters. The molecule has 0 fully saturated rings. The van der Waals surface area contributed by atoms with Gasteiger partial charge in [-0.15, -0.1) is 0 Å². The summed E-state index contributed by atoms with van der Waals surface area (Å²) >= 11 is 0. The molecule has 3 rings (SSSR count). The highest BCUT2D eigenvalue weighted by Crippen LogP contribution is 2.27. The first kappa shape index (κ1) is 21.6. The number of benzene rings is 3. The topological polar surface area (TPSA) is 95.7 Å². The van der Waals surface area contributed by atoms with Gasteiger partial charge in [0.1, 0.15) is 19.0 Å². The molecule has 7 nitrogen and oxygen atoms in total. The molecule has 0 saturated carbocycles. The fraction of sp³-hybridized carbons (Fsp3) is 0.130. The van der Waals surface area contributed by atoms with Crippen molar-refractivity contribution in [3.05, 3.63) is 111 Å². The molecule has 0 N–H and O–H groups in total. The zero-order valence-corrected chi connectivity index (χ0v) is 16.3. The van der Waals surface area contributed by atoms with E-state index in [-0.39, 0.29) is 18.8 Å². The summed E-state index contributed by atoms with van der Waals surface area (Å²) in [5.74, 6) is -4.84. The molecule has 0 saturated heterocycles. The minimum Gasteiger partial charge on any atom is -0.460 e. The van der Waals surface area contributed by atoms with Crippen LogP contribution in [0.4, 0.5) is 10.1 Å². The first-order valence-corrected chi connectivity index (χ1v) is 9.30. The number of hydrogen-bond donors (Lipinski definition) is 0. The summed E-state index contributed by atoms with van der Waals surface area (Å²) in [6.45, 7) is -0.256. The van der Waals surface area contributed by atoms with E-state index in [0.29, 0.717) is 17.2 Å². The van der Waals surface area contributed by atoms with E-state index in [4.69, 9.17) is 9.47 Å². The first-order valence-electron chi connectivity index (χ1n) is 9.30. The molecule has 0 aliphatic rings. The molecule has 0 unspecified atom stereocenters. The number of non-ortho nitro benzene ring substituents is 1. The molecule has 3 aromatic carbocycles. The minimum absolute atomic E-state index is 0.128. The van der Waals surface area contributed by atoms with Crippen molar-refractivity contribution < 1.29 is 28.4 Å². The van der Waals surface area contributed by atoms with Gasteiger partial charge in [0.05, 0.1) is 11.0 Å². The molecule has 0 aromatic heterocycles. The van der Waals surface area contributed by atoms with E-state index in [2.05, 4.69) is 0 Å². The number of hydrogen-bond acceptors (Lipinski definition) is 6. The molecule has 0 aliphatic heterocycles. The smallest absolute Gasteiger partial charge is 0.325 e. The van der Waals surface area contributed by atoms with Crippen molar-refractivity contribution in [3.8, 4) is 0 Å². The van der Waals surface area contributed by atoms with Crippen LogP contribution in [0.5, 0.6) is 0 Å². The van der Waals surface area contributed by atoms with Gasteiger partial charge in [0.25, 0.3) is 5.69 Å². The zero-order chi connectivity index (χ0) is 22.2. The molecular formula is C23H18FNO6. The number of nitro benzene ring substituents is 1. The summed E-state index contributed by atoms with van der Waals surface area (Å²) in [5.41, 5.74) is 0.491. The Kier molecular flexibility index (Phi) is 7.05. The Morgan fingerprint density at radius 1 is 0.839 bits per heavy atom. The lowest BCUT2D eigenvalue weighted by Gasteiger charge is -2.16. The van der Waals surface area contributed by atoms with Gasteiger partial charge in [-0.1, -0.05) is 60.7 Å². The van der Waals surface area contributed by atoms with Crippen molar-refractivity contribution in [2.24, 2.45) is 0 Å². The average Bonchev–Trinajstić information content (AvgIpc) is 2.78. The maximum atomic E-state index is 14.6. The Hall–Kier alpha value is -4.07. The highest BCUT2D eigenvalue weighted by molar-refractivity contribution is 6.01. The van der Waals surface area contributed by atoms with Crippen molar-refractivity contribution in [3.63, 3.8) is 0 Å². The largest absolute Gasteiger partial charge is 0.460 e. The summed E-state index contributed by atoms with van der Waals surface area (Å²) in [6.07, 6.45) is 0. The number of nitrogens with zero attached hydrogens (tertiary/aromatic N) is 1. The summed E-state index contributed by atoms with van der Waals surface area (Å²) in [6, 6.07) is 20.2. The molecule has 0 radical (unpaired) electrons. The van der Waals surface area contributed by atoms with Crippen LogP contribution in [0.3, 0.4) is 0 Å². The Morgan fingerprint density at radius 2 is 1.32 bits per heavy atom. The highest BCUT2D eigenvalue weighted by atomic mass is 19.1. The molecule has 8 heteroatoms. The van der Waals surface area contributed by atoms with Crippen LogP contribution in [-0.2, 0) is 32.3 Å². The Bertz CT molecular complexity index is 1020. The SMILES string of the molecule is O=C(OCc1ccccc1)C(C(=O)OCc1ccccc1)c1ccc([N+](=O)[O-])cc1F. The van der Waals surface area contributed by atoms with Crippen molar-refractivity contribution >= 4 is 17.6 Å². The Morgan fingerprint density at radius 3 is 1.74 bits per heavy atom. The van der Waals surface area contributed by atoms with E-state index in [1.165, 1.54) is 0 Å². The van der Waals surface area contributed by atoms with E-state index >= 15 is 0 Å². The second kappa shape index (κ2) is 10.1. The Labute approximate surface area is 177 Å². The van der Waals surface area contributed by atoms with Gasteiger partial charge in [0.15, 0.2) is 5.92 Å². The van der Waals surface area contributed by atoms with Crippen LogP contribution >= 0.6 is 0 Å². The molecule has 0 amide bonds. The van der Waals surface area contributed by atoms with Crippen LogP contribution in [0.15, 0.2) is 78.9 Å². The van der Waals surface area contributed by atoms with Crippen LogP contribution in [0.1, 0.15) is 22.6 Å². The molecular weight excluding hydrogens is 405 g/mol. The summed E-state index contributed by atoms with van der Waals surface area (Å²) < 4.78 is 25.0. The number of halogens is 1. The standard InChI is InChI=1S/C23H18FNO6/c24-20-13-18(25(28)29)11-12-19(20)21(22(26)30-14-16-7-3-1-4-8-16)23(27)31-15-17-9-5-2-6-10-17/h1-13,21H,14-15H2. The van der Waals surface area contributed by atoms with E-state index in [1.54, 1.807) is 60.7 Å². The third-order valence-electron chi connectivity index (χ3n) is 4.43. The van der Waals surface area contributed by atoms with Crippen LogP contribution in [0.2, 0.25) is 0 Å². The zero-order valence-electron chi connectivity index (χ0n) is 16.3. The van der Waals surface area contributed by atoms with Gasteiger partial charge in [0, 0.05) is 11.6 Å². The van der Waals surface area contributed by atoms with Crippen LogP contribution in [0.25, 0.3) is 0 Å². The van der Waals surface area contributed by atoms with Gasteiger partial charge in [-0.05, 0) is 17.2 Å². The number of rotatable bonds is 8. The van der Waals surface area contributed by atoms with E-state index in [0.717, 1.165) is 12.1 Å². The van der Waals surface area contributed by atoms with Crippen molar-refractivity contribution in [2.45, 2.75) is 19.1 Å². The van der Waals surface area contributed by atoms with Gasteiger partial charge in [-0.2, -0.15) is 0 Å². The summed E-state index contributed by atoms with van der Waals surface area (Å²) in [7, 11) is 0. The van der Waals surface area contributed by atoms with Gasteiger partial charge in [-0.3, -0.25) is 19.7 Å². The molecule has 31 heavy (non-hydrogen) atoms. The predicted octanol–water partition coefficient (Wildman–Crippen LogP) is 4.30. The lowest BCUT2D eigenvalue weighted by atomic mass is 9.98. The fourth-order valence-corrected chi connectivity index (χ4v) is 2.84. The Balaban J connectivity index is 1.82. The number of carbonyl (C=O) groups is 2. The third-order valence-corrected chi connectivity index (χ3v) is 4.43. The molecule has 3 aromatic rings. The number of nitro groups is 1. The van der Waals surface area contributed by atoms with E-state index in [9.17, 15) is 24.1 Å². The van der Waals surface area contributed by atoms with Crippen molar-refractivity contribution in [2.75, 3.05) is 0 Å². The monoisotopic (exact) mass is 423 g/mol. The molecule has 0 heterocycles. The van der Waals surface area contributed by atoms with Crippen LogP contribution in [0, 0.1) is 15.9 Å². The second-order valence-corrected chi connectivity index (χ2v) is 6.58. The maximum absolute atomic E-state index is 14.6. The number of ether oxygens (including phenoxy) is 2. The van der Waals surface area contributed by atoms with Crippen LogP contribution in [-0.4, -0.2) is 16.9 Å². The summed E-state index contributed by atoms with van der Waals surface area (Å²) in [4.78, 5) is 35.5. The molecule has 0 bridgehead atoms. The lowest BCUT2D eigenvalue weighted by molar-refractivity contribution is -0.385. The normalized spacial score (nSPS) is 10.5. The average molecular weight is 423 g/mol. The van der Waals surface area contributed by atoms with E-state index in [1.807, 2.05) is 0 Å². The molecule has 0 spiro atoms. The van der Waals surface area contributed by atoms with Gasteiger partial charge >= 0.3 is 11.9 Å². The van der Waals surface area contributed by atoms with E-state index < -0.39 is 34.3 Å². The number of esters is 2. The van der Waals surface area contributed by atoms with Crippen molar-refractivity contribution in [1.29, 1.82) is 0 Å². The summed E-state index contributed by atoms with van der Waals surface area (Å²) in [5, 5.41) is 10.9. The van der Waals surface area contributed by atoms with Crippen molar-refractivity contribution in [1.82, 2.24) is 0 Å². The third kappa shape index (κ3) is 5.72. The second-order valence-electron chi connectivity index (χ2n) is 6.58. The molecule has 158 valence electrons. The van der Waals surface area contributed by atoms with Gasteiger partial charge in [-0.25, -0.2) is 4.39 Å². The predicted molar refractivity (Wildman–Crippen MR) is 108 cm³/mol. The van der Waals surface area contributed by atoms with Gasteiger partial charge in [0.2, 0.25) is 0 Å². The minimum atomic E-state index is -1.73. The highest BCUT2D eigenvalue weighted by Gasteiger charge is 2.35. The molecule has 0 aliphatic carbocycles. The first-order chi connectivity index (χ1) is 15.0. The quantitative estimate of drug-likeness (QED) is 0.232. The lowest BCUT2D eigenvalue weighted by Crippen LogP contribution is -2.27. The van der Waals surface area contributed by atoms with Crippen LogP contribution < -0.4 is 0 Å². The fourth-order valence-electron chi connectivity index (χ4n) is 2.84.